The summed E-state index contributed by atoms with van der Waals surface area (Å²) in [7, 11) is 0. The summed E-state index contributed by atoms with van der Waals surface area (Å²) in [5.41, 5.74) is 2.29. The summed E-state index contributed by atoms with van der Waals surface area (Å²) < 4.78 is 57.6. The van der Waals surface area contributed by atoms with Crippen LogP contribution in [-0.4, -0.2) is 40.5 Å². The Morgan fingerprint density at radius 2 is 1.95 bits per heavy atom. The molecule has 5 aromatic rings. The molecule has 8 rings (SSSR count). The van der Waals surface area contributed by atoms with Gasteiger partial charge in [-0.3, -0.25) is 19.5 Å². The summed E-state index contributed by atoms with van der Waals surface area (Å²) in [5.74, 6) is 0.298. The number of alkyl halides is 3. The van der Waals surface area contributed by atoms with E-state index in [1.54, 1.807) is 16.8 Å². The molecule has 43 heavy (non-hydrogen) atoms. The van der Waals surface area contributed by atoms with Gasteiger partial charge in [-0.2, -0.15) is 18.3 Å². The predicted molar refractivity (Wildman–Crippen MR) is 150 cm³/mol. The SMILES string of the molecule is Cc1[nH]nc2c(F)c(C3=CN=C(C4C5CC5c5nc(-c6cc(Cl)ccc6-n6cc(C(F)(F)F)nn6)cc(=O)n54)C3)ccc12. The lowest BCUT2D eigenvalue weighted by Crippen LogP contribution is -2.30. The number of halogens is 5. The number of benzene rings is 2. The molecule has 1 N–H and O–H groups in total. The van der Waals surface area contributed by atoms with E-state index in [1.165, 1.54) is 24.3 Å². The van der Waals surface area contributed by atoms with Crippen molar-refractivity contribution in [3.63, 3.8) is 0 Å². The zero-order valence-electron chi connectivity index (χ0n) is 22.2. The quantitative estimate of drug-likeness (QED) is 0.251. The third-order valence-electron chi connectivity index (χ3n) is 8.40. The molecule has 216 valence electrons. The largest absolute Gasteiger partial charge is 0.436 e. The fourth-order valence-corrected chi connectivity index (χ4v) is 6.45. The fraction of sp³-hybridized carbons (Fsp3) is 0.241. The molecule has 3 aromatic heterocycles. The van der Waals surface area contributed by atoms with Gasteiger partial charge < -0.3 is 0 Å². The van der Waals surface area contributed by atoms with Crippen molar-refractivity contribution in [3.8, 4) is 16.9 Å². The molecule has 1 saturated carbocycles. The number of hydrogen-bond acceptors (Lipinski definition) is 6. The minimum absolute atomic E-state index is 0.0235. The third kappa shape index (κ3) is 3.98. The van der Waals surface area contributed by atoms with E-state index in [4.69, 9.17) is 16.6 Å². The lowest BCUT2D eigenvalue weighted by molar-refractivity contribution is -0.141. The topological polar surface area (TPSA) is 107 Å². The number of hydrogen-bond donors (Lipinski definition) is 1. The molecular weight excluding hydrogens is 588 g/mol. The molecule has 3 atom stereocenters. The lowest BCUT2D eigenvalue weighted by Gasteiger charge is -2.19. The van der Waals surface area contributed by atoms with E-state index in [9.17, 15) is 18.0 Å². The maximum absolute atomic E-state index is 15.4. The molecular formula is C29H19ClF4N8O. The smallest absolute Gasteiger partial charge is 0.287 e. The predicted octanol–water partition coefficient (Wildman–Crippen LogP) is 6.03. The Labute approximate surface area is 244 Å². The van der Waals surface area contributed by atoms with Crippen molar-refractivity contribution in [1.29, 1.82) is 0 Å². The van der Waals surface area contributed by atoms with Crippen molar-refractivity contribution < 1.29 is 17.6 Å². The van der Waals surface area contributed by atoms with Crippen LogP contribution in [-0.2, 0) is 6.18 Å². The Kier molecular flexibility index (Phi) is 5.40. The number of nitrogens with one attached hydrogen (secondary N) is 1. The molecule has 2 aliphatic heterocycles. The Hall–Kier alpha value is -4.65. The number of aryl methyl sites for hydroxylation is 1. The van der Waals surface area contributed by atoms with Crippen LogP contribution in [0.25, 0.3) is 33.4 Å². The minimum Gasteiger partial charge on any atom is -0.287 e. The maximum Gasteiger partial charge on any atom is 0.436 e. The zero-order valence-corrected chi connectivity index (χ0v) is 22.9. The number of nitrogens with zero attached hydrogens (tertiary/aromatic N) is 7. The number of aromatic nitrogens is 7. The van der Waals surface area contributed by atoms with Gasteiger partial charge in [-0.15, -0.1) is 5.10 Å². The molecule has 0 spiro atoms. The normalized spacial score (nSPS) is 20.7. The average molecular weight is 607 g/mol. The first-order chi connectivity index (χ1) is 20.6. The first-order valence-corrected chi connectivity index (χ1v) is 13.8. The minimum atomic E-state index is -4.67. The van der Waals surface area contributed by atoms with E-state index in [-0.39, 0.29) is 40.3 Å². The standard InChI is InChI=1S/C29H19ClF4N8O/c1-12-15-3-4-16(25(31)26(15)39-37-12)13-6-21(35-10-13)27-17-8-18(17)28-36-20(9-24(43)42(27)28)19-7-14(30)2-5-22(19)41-11-23(38-40-41)29(32,33)34/h2-5,7,9-11,17-18,27H,6,8H2,1H3,(H,37,39). The number of H-pyrrole nitrogens is 1. The van der Waals surface area contributed by atoms with Gasteiger partial charge >= 0.3 is 6.18 Å². The van der Waals surface area contributed by atoms with Crippen molar-refractivity contribution in [1.82, 2.24) is 34.7 Å². The molecule has 0 radical (unpaired) electrons. The second kappa shape index (κ2) is 8.93. The van der Waals surface area contributed by atoms with Gasteiger partial charge in [0.2, 0.25) is 0 Å². The molecule has 3 unspecified atom stereocenters. The number of aliphatic imine (C=N–C) groups is 1. The molecule has 9 nitrogen and oxygen atoms in total. The highest BCUT2D eigenvalue weighted by Crippen LogP contribution is 2.59. The van der Waals surface area contributed by atoms with Gasteiger partial charge in [0.15, 0.2) is 11.5 Å². The molecule has 0 bridgehead atoms. The van der Waals surface area contributed by atoms with Crippen LogP contribution in [0.5, 0.6) is 0 Å². The summed E-state index contributed by atoms with van der Waals surface area (Å²) in [6.45, 7) is 1.83. The van der Waals surface area contributed by atoms with Gasteiger partial charge in [0.25, 0.3) is 5.56 Å². The van der Waals surface area contributed by atoms with Crippen LogP contribution in [0.3, 0.4) is 0 Å². The van der Waals surface area contributed by atoms with Gasteiger partial charge in [0.05, 0.1) is 23.6 Å². The van der Waals surface area contributed by atoms with Crippen molar-refractivity contribution in [2.45, 2.75) is 37.9 Å². The summed E-state index contributed by atoms with van der Waals surface area (Å²) in [6.07, 6.45) is -1.06. The first-order valence-electron chi connectivity index (χ1n) is 13.4. The van der Waals surface area contributed by atoms with Crippen molar-refractivity contribution in [2.24, 2.45) is 10.9 Å². The van der Waals surface area contributed by atoms with Gasteiger partial charge in [0, 0.05) is 57.5 Å². The number of rotatable bonds is 4. The number of allylic oxidation sites excluding steroid dienone is 1. The molecule has 1 fully saturated rings. The van der Waals surface area contributed by atoms with E-state index < -0.39 is 17.7 Å². The molecule has 0 amide bonds. The Morgan fingerprint density at radius 3 is 2.74 bits per heavy atom. The first kappa shape index (κ1) is 26.0. The van der Waals surface area contributed by atoms with Crippen LogP contribution < -0.4 is 5.56 Å². The van der Waals surface area contributed by atoms with E-state index in [0.29, 0.717) is 39.4 Å². The molecule has 2 aromatic carbocycles. The molecule has 1 aliphatic carbocycles. The highest BCUT2D eigenvalue weighted by molar-refractivity contribution is 6.31. The van der Waals surface area contributed by atoms with Crippen LogP contribution in [0.4, 0.5) is 17.6 Å². The summed E-state index contributed by atoms with van der Waals surface area (Å²) >= 11 is 6.25. The maximum atomic E-state index is 15.4. The van der Waals surface area contributed by atoms with Crippen molar-refractivity contribution in [3.05, 3.63) is 92.8 Å². The molecule has 0 saturated heterocycles. The van der Waals surface area contributed by atoms with Crippen LogP contribution >= 0.6 is 11.6 Å². The monoisotopic (exact) mass is 606 g/mol. The van der Waals surface area contributed by atoms with Crippen molar-refractivity contribution >= 4 is 33.8 Å². The summed E-state index contributed by atoms with van der Waals surface area (Å²) in [6, 6.07) is 9.12. The second-order valence-corrected chi connectivity index (χ2v) is 11.4. The fourth-order valence-electron chi connectivity index (χ4n) is 6.28. The third-order valence-corrected chi connectivity index (χ3v) is 8.64. The number of fused-ring (bicyclic) bond motifs is 4. The Bertz CT molecular complexity index is 2120. The van der Waals surface area contributed by atoms with E-state index in [1.807, 2.05) is 13.0 Å². The lowest BCUT2D eigenvalue weighted by atomic mass is 9.96. The Morgan fingerprint density at radius 1 is 1.12 bits per heavy atom. The highest BCUT2D eigenvalue weighted by atomic mass is 35.5. The Balaban J connectivity index is 1.13. The summed E-state index contributed by atoms with van der Waals surface area (Å²) in [4.78, 5) is 23.1. The van der Waals surface area contributed by atoms with Crippen LogP contribution in [0.1, 0.15) is 47.6 Å². The van der Waals surface area contributed by atoms with Gasteiger partial charge in [0.1, 0.15) is 11.3 Å². The van der Waals surface area contributed by atoms with Crippen LogP contribution in [0, 0.1) is 18.7 Å². The van der Waals surface area contributed by atoms with Gasteiger partial charge in [-0.05, 0) is 43.0 Å². The van der Waals surface area contributed by atoms with Gasteiger partial charge in [-0.25, -0.2) is 14.1 Å². The van der Waals surface area contributed by atoms with Gasteiger partial charge in [-0.1, -0.05) is 28.9 Å². The highest BCUT2D eigenvalue weighted by Gasteiger charge is 2.56. The van der Waals surface area contributed by atoms with E-state index >= 15 is 4.39 Å². The van der Waals surface area contributed by atoms with E-state index in [2.05, 4.69) is 25.5 Å². The molecule has 5 heterocycles. The van der Waals surface area contributed by atoms with Crippen molar-refractivity contribution in [2.75, 3.05) is 0 Å². The molecule has 14 heteroatoms. The summed E-state index contributed by atoms with van der Waals surface area (Å²) in [5, 5.41) is 14.8. The second-order valence-electron chi connectivity index (χ2n) is 11.0. The van der Waals surface area contributed by atoms with Crippen LogP contribution in [0.15, 0.2) is 58.6 Å². The van der Waals surface area contributed by atoms with E-state index in [0.717, 1.165) is 28.7 Å². The zero-order chi connectivity index (χ0) is 29.8. The number of aromatic amines is 1. The van der Waals surface area contributed by atoms with Crippen LogP contribution in [0.2, 0.25) is 5.02 Å². The average Bonchev–Trinajstić information content (AvgIpc) is 3.37. The molecule has 3 aliphatic rings.